The van der Waals surface area contributed by atoms with Crippen LogP contribution in [0.1, 0.15) is 5.76 Å². The van der Waals surface area contributed by atoms with Crippen LogP contribution in [0.5, 0.6) is 0 Å². The monoisotopic (exact) mass is 383 g/mol. The first-order valence-electron chi connectivity index (χ1n) is 8.07. The summed E-state index contributed by atoms with van der Waals surface area (Å²) in [6.07, 6.45) is 1.76. The Balaban J connectivity index is 1.53. The number of hydrogen-bond donors (Lipinski definition) is 1. The molecule has 0 aliphatic heterocycles. The third-order valence-electron chi connectivity index (χ3n) is 3.77. The lowest BCUT2D eigenvalue weighted by Gasteiger charge is -2.05. The van der Waals surface area contributed by atoms with E-state index in [4.69, 9.17) is 20.6 Å². The molecular formula is C18H14ClN5O3. The summed E-state index contributed by atoms with van der Waals surface area (Å²) in [7, 11) is 0. The van der Waals surface area contributed by atoms with Crippen molar-refractivity contribution in [1.29, 1.82) is 0 Å². The Kier molecular flexibility index (Phi) is 4.47. The number of aryl methyl sites for hydroxylation is 1. The Morgan fingerprint density at radius 2 is 2.07 bits per heavy atom. The lowest BCUT2D eigenvalue weighted by molar-refractivity contribution is -0.116. The topological polar surface area (TPSA) is 99.0 Å². The quantitative estimate of drug-likeness (QED) is 0.562. The summed E-state index contributed by atoms with van der Waals surface area (Å²) in [6, 6.07) is 12.4. The Morgan fingerprint density at radius 3 is 2.85 bits per heavy atom. The molecule has 0 unspecified atom stereocenters. The van der Waals surface area contributed by atoms with E-state index < -0.39 is 0 Å². The van der Waals surface area contributed by atoms with Crippen molar-refractivity contribution in [2.75, 3.05) is 5.32 Å². The van der Waals surface area contributed by atoms with E-state index in [0.717, 1.165) is 5.56 Å². The van der Waals surface area contributed by atoms with Crippen LogP contribution < -0.4 is 5.32 Å². The maximum absolute atomic E-state index is 12.2. The number of carbonyl (C=O) groups is 1. The van der Waals surface area contributed by atoms with Gasteiger partial charge in [-0.15, -0.1) is 0 Å². The molecule has 3 aromatic heterocycles. The van der Waals surface area contributed by atoms with Gasteiger partial charge in [0.2, 0.25) is 11.7 Å². The van der Waals surface area contributed by atoms with Gasteiger partial charge in [0.1, 0.15) is 18.0 Å². The molecule has 0 spiro atoms. The van der Waals surface area contributed by atoms with E-state index in [1.807, 2.05) is 12.1 Å². The maximum Gasteiger partial charge on any atom is 0.274 e. The molecular weight excluding hydrogens is 370 g/mol. The molecule has 0 saturated heterocycles. The van der Waals surface area contributed by atoms with Gasteiger partial charge >= 0.3 is 0 Å². The molecule has 27 heavy (non-hydrogen) atoms. The maximum atomic E-state index is 12.2. The summed E-state index contributed by atoms with van der Waals surface area (Å²) >= 11 is 6.01. The fraction of sp³-hybridized carbons (Fsp3) is 0.111. The zero-order valence-corrected chi connectivity index (χ0v) is 15.0. The van der Waals surface area contributed by atoms with Crippen LogP contribution in [0.4, 0.5) is 5.82 Å². The average Bonchev–Trinajstić information content (AvgIpc) is 3.36. The minimum Gasteiger partial charge on any atom is -0.360 e. The fourth-order valence-electron chi connectivity index (χ4n) is 2.58. The molecule has 1 aromatic carbocycles. The predicted molar refractivity (Wildman–Crippen MR) is 98.0 cm³/mol. The molecule has 3 heterocycles. The number of nitrogens with one attached hydrogen (secondary N) is 1. The molecule has 0 saturated carbocycles. The summed E-state index contributed by atoms with van der Waals surface area (Å²) in [5.41, 5.74) is 1.37. The molecule has 0 aliphatic carbocycles. The third-order valence-corrected chi connectivity index (χ3v) is 4.00. The molecule has 0 radical (unpaired) electrons. The number of nitrogens with zero attached hydrogens (tertiary/aromatic N) is 4. The number of hydrogen-bond acceptors (Lipinski definition) is 6. The Labute approximate surface area is 158 Å². The van der Waals surface area contributed by atoms with Crippen molar-refractivity contribution < 1.29 is 13.8 Å². The summed E-state index contributed by atoms with van der Waals surface area (Å²) in [6.45, 7) is 1.81. The first-order valence-corrected chi connectivity index (χ1v) is 8.44. The molecule has 0 aliphatic rings. The van der Waals surface area contributed by atoms with Gasteiger partial charge in [-0.1, -0.05) is 34.0 Å². The van der Waals surface area contributed by atoms with Gasteiger partial charge in [-0.25, -0.2) is 0 Å². The van der Waals surface area contributed by atoms with E-state index in [0.29, 0.717) is 34.0 Å². The molecule has 0 fully saturated rings. The lowest BCUT2D eigenvalue weighted by atomic mass is 10.2. The van der Waals surface area contributed by atoms with Gasteiger partial charge in [0.05, 0.1) is 0 Å². The number of halogens is 1. The Morgan fingerprint density at radius 1 is 1.19 bits per heavy atom. The summed E-state index contributed by atoms with van der Waals surface area (Å²) < 4.78 is 12.0. The first kappa shape index (κ1) is 17.0. The smallest absolute Gasteiger partial charge is 0.274 e. The second-order valence-corrected chi connectivity index (χ2v) is 6.26. The molecule has 0 bridgehead atoms. The SMILES string of the molecule is Cc1cc(NC(=O)Cn2cccc2-c2nc(-c3cccc(Cl)c3)no2)no1. The second kappa shape index (κ2) is 7.08. The van der Waals surface area contributed by atoms with Gasteiger partial charge in [0, 0.05) is 22.8 Å². The van der Waals surface area contributed by atoms with E-state index >= 15 is 0 Å². The lowest BCUT2D eigenvalue weighted by Crippen LogP contribution is -2.19. The van der Waals surface area contributed by atoms with Gasteiger partial charge in [-0.05, 0) is 31.2 Å². The summed E-state index contributed by atoms with van der Waals surface area (Å²) in [5.74, 6) is 1.46. The van der Waals surface area contributed by atoms with Crippen molar-refractivity contribution in [3.05, 3.63) is 59.4 Å². The molecule has 1 amide bonds. The van der Waals surface area contributed by atoms with Crippen LogP contribution in [-0.2, 0) is 11.3 Å². The highest BCUT2D eigenvalue weighted by Gasteiger charge is 2.16. The van der Waals surface area contributed by atoms with Gasteiger partial charge < -0.3 is 18.9 Å². The number of benzene rings is 1. The molecule has 4 aromatic rings. The van der Waals surface area contributed by atoms with E-state index in [1.54, 1.807) is 48.0 Å². The molecule has 1 N–H and O–H groups in total. The predicted octanol–water partition coefficient (Wildman–Crippen LogP) is 3.79. The summed E-state index contributed by atoms with van der Waals surface area (Å²) in [4.78, 5) is 16.6. The van der Waals surface area contributed by atoms with E-state index in [9.17, 15) is 4.79 Å². The summed E-state index contributed by atoms with van der Waals surface area (Å²) in [5, 5.41) is 11.0. The van der Waals surface area contributed by atoms with E-state index in [-0.39, 0.29) is 12.5 Å². The minimum atomic E-state index is -0.254. The average molecular weight is 384 g/mol. The fourth-order valence-corrected chi connectivity index (χ4v) is 2.77. The van der Waals surface area contributed by atoms with Crippen LogP contribution in [-0.4, -0.2) is 25.8 Å². The van der Waals surface area contributed by atoms with Crippen LogP contribution in [0.15, 0.2) is 57.7 Å². The van der Waals surface area contributed by atoms with Crippen molar-refractivity contribution in [2.24, 2.45) is 0 Å². The Bertz CT molecular complexity index is 1100. The van der Waals surface area contributed by atoms with E-state index in [1.165, 1.54) is 0 Å². The van der Waals surface area contributed by atoms with Crippen molar-refractivity contribution >= 4 is 23.3 Å². The number of anilines is 1. The normalized spacial score (nSPS) is 10.9. The van der Waals surface area contributed by atoms with Gasteiger partial charge in [0.15, 0.2) is 5.82 Å². The highest BCUT2D eigenvalue weighted by molar-refractivity contribution is 6.30. The third kappa shape index (κ3) is 3.75. The number of carbonyl (C=O) groups excluding carboxylic acids is 1. The van der Waals surface area contributed by atoms with Crippen LogP contribution in [0.25, 0.3) is 23.0 Å². The molecule has 8 nitrogen and oxygen atoms in total. The highest BCUT2D eigenvalue weighted by atomic mass is 35.5. The first-order chi connectivity index (χ1) is 13.1. The van der Waals surface area contributed by atoms with Crippen LogP contribution in [0, 0.1) is 6.92 Å². The Hall–Kier alpha value is -3.39. The molecule has 136 valence electrons. The molecule has 0 atom stereocenters. The second-order valence-electron chi connectivity index (χ2n) is 5.83. The highest BCUT2D eigenvalue weighted by Crippen LogP contribution is 2.24. The largest absolute Gasteiger partial charge is 0.360 e. The number of rotatable bonds is 5. The van der Waals surface area contributed by atoms with Crippen LogP contribution in [0.2, 0.25) is 5.02 Å². The number of aromatic nitrogens is 4. The number of amides is 1. The van der Waals surface area contributed by atoms with Crippen molar-refractivity contribution in [3.63, 3.8) is 0 Å². The zero-order chi connectivity index (χ0) is 18.8. The minimum absolute atomic E-state index is 0.0587. The van der Waals surface area contributed by atoms with E-state index in [2.05, 4.69) is 20.6 Å². The van der Waals surface area contributed by atoms with Gasteiger partial charge in [-0.3, -0.25) is 4.79 Å². The van der Waals surface area contributed by atoms with Gasteiger partial charge in [0.25, 0.3) is 5.89 Å². The van der Waals surface area contributed by atoms with Gasteiger partial charge in [-0.2, -0.15) is 4.98 Å². The van der Waals surface area contributed by atoms with Crippen molar-refractivity contribution in [3.8, 4) is 23.0 Å². The van der Waals surface area contributed by atoms with Crippen molar-refractivity contribution in [2.45, 2.75) is 13.5 Å². The van der Waals surface area contributed by atoms with Crippen LogP contribution >= 0.6 is 11.6 Å². The van der Waals surface area contributed by atoms with Crippen LogP contribution in [0.3, 0.4) is 0 Å². The standard InChI is InChI=1S/C18H14ClN5O3/c1-11-8-15(22-26-11)20-16(25)10-24-7-3-6-14(24)18-21-17(23-27-18)12-4-2-5-13(19)9-12/h2-9H,10H2,1H3,(H,20,22,25). The van der Waals surface area contributed by atoms with Crippen molar-refractivity contribution in [1.82, 2.24) is 19.9 Å². The zero-order valence-electron chi connectivity index (χ0n) is 14.2. The molecule has 4 rings (SSSR count). The molecule has 9 heteroatoms.